The molecule has 0 aliphatic rings. The highest BCUT2D eigenvalue weighted by molar-refractivity contribution is 6.31. The first-order chi connectivity index (χ1) is 16.7. The standard InChI is InChI=1S/C25H20ClF3N4O2/c1-15-14-31-24(32-15)22-13-19(9-10-30-22)35-18-4-2-3-16(11-18)5-8-23(34)33-17-6-7-21(26)20(12-17)25(27,28)29/h2-4,6-7,9-14H,5,8H2,1H3,(H,31,32)(H,33,34). The number of hydrogen-bond acceptors (Lipinski definition) is 4. The van der Waals surface area contributed by atoms with E-state index >= 15 is 0 Å². The Morgan fingerprint density at radius 2 is 1.89 bits per heavy atom. The smallest absolute Gasteiger partial charge is 0.417 e. The van der Waals surface area contributed by atoms with Crippen LogP contribution < -0.4 is 10.1 Å². The van der Waals surface area contributed by atoms with E-state index in [0.717, 1.165) is 23.4 Å². The Kier molecular flexibility index (Phi) is 7.07. The highest BCUT2D eigenvalue weighted by Gasteiger charge is 2.33. The van der Waals surface area contributed by atoms with Gasteiger partial charge >= 0.3 is 6.18 Å². The van der Waals surface area contributed by atoms with Crippen LogP contribution in [0, 0.1) is 6.92 Å². The molecule has 0 fully saturated rings. The molecule has 180 valence electrons. The van der Waals surface area contributed by atoms with Crippen molar-refractivity contribution in [2.45, 2.75) is 25.9 Å². The largest absolute Gasteiger partial charge is 0.457 e. The fourth-order valence-electron chi connectivity index (χ4n) is 3.35. The molecule has 2 N–H and O–H groups in total. The fraction of sp³-hybridized carbons (Fsp3) is 0.160. The van der Waals surface area contributed by atoms with Gasteiger partial charge in [0.2, 0.25) is 5.91 Å². The Morgan fingerprint density at radius 3 is 2.63 bits per heavy atom. The SMILES string of the molecule is Cc1cnc(-c2cc(Oc3cccc(CCC(=O)Nc4ccc(Cl)c(C(F)(F)F)c4)c3)ccn2)[nH]1. The molecule has 1 amide bonds. The quantitative estimate of drug-likeness (QED) is 0.292. The van der Waals surface area contributed by atoms with E-state index in [1.54, 1.807) is 42.7 Å². The lowest BCUT2D eigenvalue weighted by Crippen LogP contribution is -2.14. The van der Waals surface area contributed by atoms with Crippen LogP contribution in [0.5, 0.6) is 11.5 Å². The van der Waals surface area contributed by atoms with Gasteiger partial charge in [-0.1, -0.05) is 23.7 Å². The number of aryl methyl sites for hydroxylation is 2. The monoisotopic (exact) mass is 500 g/mol. The van der Waals surface area contributed by atoms with Crippen molar-refractivity contribution in [3.8, 4) is 23.0 Å². The Morgan fingerprint density at radius 1 is 1.09 bits per heavy atom. The third-order valence-corrected chi connectivity index (χ3v) is 5.34. The van der Waals surface area contributed by atoms with Crippen molar-refractivity contribution in [1.82, 2.24) is 15.0 Å². The van der Waals surface area contributed by atoms with Gasteiger partial charge in [-0.3, -0.25) is 9.78 Å². The molecule has 0 saturated heterocycles. The molecular formula is C25H20ClF3N4O2. The number of nitrogens with one attached hydrogen (secondary N) is 2. The highest BCUT2D eigenvalue weighted by atomic mass is 35.5. The molecule has 35 heavy (non-hydrogen) atoms. The van der Waals surface area contributed by atoms with Crippen LogP contribution in [0.1, 0.15) is 23.2 Å². The number of anilines is 1. The molecule has 6 nitrogen and oxygen atoms in total. The van der Waals surface area contributed by atoms with Crippen molar-refractivity contribution < 1.29 is 22.7 Å². The van der Waals surface area contributed by atoms with Crippen molar-refractivity contribution >= 4 is 23.2 Å². The van der Waals surface area contributed by atoms with Crippen molar-refractivity contribution in [3.05, 3.63) is 88.8 Å². The van der Waals surface area contributed by atoms with Crippen molar-refractivity contribution in [2.24, 2.45) is 0 Å². The minimum absolute atomic E-state index is 0.0315. The Bertz CT molecular complexity index is 1350. The number of carbonyl (C=O) groups is 1. The Labute approximate surface area is 204 Å². The second kappa shape index (κ2) is 10.2. The number of nitrogens with zero attached hydrogens (tertiary/aromatic N) is 2. The van der Waals surface area contributed by atoms with E-state index in [2.05, 4.69) is 20.3 Å². The predicted octanol–water partition coefficient (Wildman–Crippen LogP) is 6.82. The van der Waals surface area contributed by atoms with Crippen LogP contribution >= 0.6 is 11.6 Å². The van der Waals surface area contributed by atoms with Crippen LogP contribution in [0.3, 0.4) is 0 Å². The van der Waals surface area contributed by atoms with E-state index < -0.39 is 22.7 Å². The number of aromatic amines is 1. The van der Waals surface area contributed by atoms with E-state index in [1.807, 2.05) is 13.0 Å². The summed E-state index contributed by atoms with van der Waals surface area (Å²) in [5, 5.41) is 2.06. The molecule has 0 aliphatic heterocycles. The maximum absolute atomic E-state index is 13.0. The summed E-state index contributed by atoms with van der Waals surface area (Å²) >= 11 is 5.62. The number of H-pyrrole nitrogens is 1. The summed E-state index contributed by atoms with van der Waals surface area (Å²) < 4.78 is 45.0. The maximum Gasteiger partial charge on any atom is 0.417 e. The van der Waals surface area contributed by atoms with E-state index in [0.29, 0.717) is 29.4 Å². The third kappa shape index (κ3) is 6.39. The summed E-state index contributed by atoms with van der Waals surface area (Å²) in [5.41, 5.74) is 1.43. The number of hydrogen-bond donors (Lipinski definition) is 2. The van der Waals surface area contributed by atoms with Gasteiger partial charge in [-0.05, 0) is 55.3 Å². The average molecular weight is 501 g/mol. The predicted molar refractivity (Wildman–Crippen MR) is 126 cm³/mol. The lowest BCUT2D eigenvalue weighted by atomic mass is 10.1. The molecule has 0 spiro atoms. The number of benzene rings is 2. The molecule has 2 aromatic heterocycles. The molecule has 4 rings (SSSR count). The molecule has 10 heteroatoms. The molecule has 0 atom stereocenters. The number of alkyl halides is 3. The second-order valence-electron chi connectivity index (χ2n) is 7.78. The Balaban J connectivity index is 1.37. The van der Waals surface area contributed by atoms with E-state index in [4.69, 9.17) is 16.3 Å². The minimum atomic E-state index is -4.61. The molecule has 0 aliphatic carbocycles. The average Bonchev–Trinajstić information content (AvgIpc) is 3.25. The lowest BCUT2D eigenvalue weighted by Gasteiger charge is -2.12. The van der Waals surface area contributed by atoms with Crippen LogP contribution in [-0.2, 0) is 17.4 Å². The number of amides is 1. The Hall–Kier alpha value is -3.85. The van der Waals surface area contributed by atoms with E-state index in [-0.39, 0.29) is 12.1 Å². The maximum atomic E-state index is 13.0. The van der Waals surface area contributed by atoms with Crippen LogP contribution in [-0.4, -0.2) is 20.9 Å². The van der Waals surface area contributed by atoms with Gasteiger partial charge in [-0.15, -0.1) is 0 Å². The molecule has 4 aromatic rings. The molecule has 0 saturated carbocycles. The van der Waals surface area contributed by atoms with Gasteiger partial charge in [0.25, 0.3) is 0 Å². The van der Waals surface area contributed by atoms with Gasteiger partial charge in [-0.25, -0.2) is 4.98 Å². The zero-order valence-corrected chi connectivity index (χ0v) is 19.2. The topological polar surface area (TPSA) is 79.9 Å². The van der Waals surface area contributed by atoms with Crippen LogP contribution in [0.2, 0.25) is 5.02 Å². The number of ether oxygens (including phenoxy) is 1. The molecule has 2 heterocycles. The van der Waals surface area contributed by atoms with E-state index in [1.165, 1.54) is 6.07 Å². The van der Waals surface area contributed by atoms with Gasteiger partial charge in [-0.2, -0.15) is 13.2 Å². The number of aromatic nitrogens is 3. The summed E-state index contributed by atoms with van der Waals surface area (Å²) in [6.07, 6.45) is -0.824. The first kappa shape index (κ1) is 24.3. The number of halogens is 4. The van der Waals surface area contributed by atoms with Crippen molar-refractivity contribution in [1.29, 1.82) is 0 Å². The van der Waals surface area contributed by atoms with Crippen LogP contribution in [0.15, 0.2) is 67.0 Å². The highest BCUT2D eigenvalue weighted by Crippen LogP contribution is 2.36. The van der Waals surface area contributed by atoms with Crippen molar-refractivity contribution in [3.63, 3.8) is 0 Å². The fourth-order valence-corrected chi connectivity index (χ4v) is 3.57. The number of carbonyl (C=O) groups excluding carboxylic acids is 1. The number of pyridine rings is 1. The zero-order chi connectivity index (χ0) is 25.0. The number of imidazole rings is 1. The van der Waals surface area contributed by atoms with Crippen LogP contribution in [0.4, 0.5) is 18.9 Å². The first-order valence-corrected chi connectivity index (χ1v) is 11.0. The second-order valence-corrected chi connectivity index (χ2v) is 8.19. The summed E-state index contributed by atoms with van der Waals surface area (Å²) in [6.45, 7) is 1.90. The molecule has 0 bridgehead atoms. The number of rotatable bonds is 7. The van der Waals surface area contributed by atoms with Gasteiger partial charge in [0.1, 0.15) is 17.2 Å². The normalized spacial score (nSPS) is 11.3. The van der Waals surface area contributed by atoms with Gasteiger partial charge in [0.15, 0.2) is 5.82 Å². The van der Waals surface area contributed by atoms with Crippen molar-refractivity contribution in [2.75, 3.05) is 5.32 Å². The summed E-state index contributed by atoms with van der Waals surface area (Å²) in [4.78, 5) is 24.0. The lowest BCUT2D eigenvalue weighted by molar-refractivity contribution is -0.137. The zero-order valence-electron chi connectivity index (χ0n) is 18.5. The molecular weight excluding hydrogens is 481 g/mol. The molecule has 0 unspecified atom stereocenters. The molecule has 2 aromatic carbocycles. The summed E-state index contributed by atoms with van der Waals surface area (Å²) in [7, 11) is 0. The molecule has 0 radical (unpaired) electrons. The summed E-state index contributed by atoms with van der Waals surface area (Å²) in [5.74, 6) is 1.36. The third-order valence-electron chi connectivity index (χ3n) is 5.01. The van der Waals surface area contributed by atoms with E-state index in [9.17, 15) is 18.0 Å². The minimum Gasteiger partial charge on any atom is -0.457 e. The van der Waals surface area contributed by atoms with Gasteiger partial charge < -0.3 is 15.0 Å². The van der Waals surface area contributed by atoms with Gasteiger partial charge in [0.05, 0.1) is 10.6 Å². The summed E-state index contributed by atoms with van der Waals surface area (Å²) in [6, 6.07) is 14.0. The van der Waals surface area contributed by atoms with Gasteiger partial charge in [0, 0.05) is 36.3 Å². The van der Waals surface area contributed by atoms with Crippen LogP contribution in [0.25, 0.3) is 11.5 Å². The first-order valence-electron chi connectivity index (χ1n) is 10.6.